The summed E-state index contributed by atoms with van der Waals surface area (Å²) < 4.78 is 7.57. The molecule has 0 saturated carbocycles. The minimum absolute atomic E-state index is 0.776. The van der Waals surface area contributed by atoms with Gasteiger partial charge in [0, 0.05) is 38.7 Å². The number of pyridine rings is 1. The number of ether oxygens (including phenoxy) is 1. The van der Waals surface area contributed by atoms with Crippen LogP contribution in [0.4, 0.5) is 0 Å². The molecule has 0 aliphatic carbocycles. The predicted octanol–water partition coefficient (Wildman–Crippen LogP) is 2.89. The molecule has 0 N–H and O–H groups in total. The van der Waals surface area contributed by atoms with Gasteiger partial charge in [-0.15, -0.1) is 0 Å². The zero-order chi connectivity index (χ0) is 14.7. The summed E-state index contributed by atoms with van der Waals surface area (Å²) in [6, 6.07) is 4.26. The second-order valence-electron chi connectivity index (χ2n) is 6.09. The lowest BCUT2D eigenvalue weighted by Crippen LogP contribution is -2.32. The first-order valence-corrected chi connectivity index (χ1v) is 7.99. The molecular formula is C17H25N3O. The first-order valence-electron chi connectivity index (χ1n) is 7.99. The van der Waals surface area contributed by atoms with E-state index in [0.717, 1.165) is 50.1 Å². The first kappa shape index (κ1) is 14.5. The summed E-state index contributed by atoms with van der Waals surface area (Å²) in [4.78, 5) is 7.26. The van der Waals surface area contributed by atoms with Gasteiger partial charge in [0.1, 0.15) is 5.65 Å². The van der Waals surface area contributed by atoms with Crippen molar-refractivity contribution in [2.24, 2.45) is 5.92 Å². The number of fused-ring (bicyclic) bond motifs is 1. The van der Waals surface area contributed by atoms with Gasteiger partial charge in [0.05, 0.1) is 5.69 Å². The van der Waals surface area contributed by atoms with Crippen molar-refractivity contribution in [3.63, 3.8) is 0 Å². The van der Waals surface area contributed by atoms with Crippen molar-refractivity contribution in [3.05, 3.63) is 35.8 Å². The Morgan fingerprint density at radius 1 is 1.38 bits per heavy atom. The van der Waals surface area contributed by atoms with Crippen LogP contribution in [0.25, 0.3) is 5.65 Å². The highest BCUT2D eigenvalue weighted by Crippen LogP contribution is 2.17. The van der Waals surface area contributed by atoms with Crippen LogP contribution in [0.15, 0.2) is 24.5 Å². The molecule has 1 aliphatic rings. The van der Waals surface area contributed by atoms with E-state index in [1.165, 1.54) is 18.4 Å². The highest BCUT2D eigenvalue weighted by Gasteiger charge is 2.17. The number of aromatic nitrogens is 2. The summed E-state index contributed by atoms with van der Waals surface area (Å²) >= 11 is 0. The van der Waals surface area contributed by atoms with Gasteiger partial charge in [-0.3, -0.25) is 4.90 Å². The van der Waals surface area contributed by atoms with Crippen LogP contribution < -0.4 is 0 Å². The molecule has 2 aromatic heterocycles. The molecule has 3 rings (SSSR count). The molecule has 1 fully saturated rings. The molecule has 21 heavy (non-hydrogen) atoms. The van der Waals surface area contributed by atoms with Crippen molar-refractivity contribution in [2.75, 3.05) is 26.3 Å². The molecule has 4 heteroatoms. The Labute approximate surface area is 126 Å². The topological polar surface area (TPSA) is 29.8 Å². The first-order chi connectivity index (χ1) is 10.2. The Balaban J connectivity index is 1.66. The van der Waals surface area contributed by atoms with Crippen molar-refractivity contribution in [1.82, 2.24) is 14.3 Å². The van der Waals surface area contributed by atoms with E-state index in [9.17, 15) is 0 Å². The van der Waals surface area contributed by atoms with Crippen LogP contribution in [-0.4, -0.2) is 40.6 Å². The van der Waals surface area contributed by atoms with E-state index in [1.807, 2.05) is 0 Å². The Morgan fingerprint density at radius 2 is 2.19 bits per heavy atom. The molecule has 4 nitrogen and oxygen atoms in total. The largest absolute Gasteiger partial charge is 0.381 e. The zero-order valence-corrected chi connectivity index (χ0v) is 13.1. The SMILES string of the molecule is CCN(Cc1cn2ccc(C)cc2n1)CC1CCOCC1. The van der Waals surface area contributed by atoms with Crippen LogP contribution in [0.1, 0.15) is 31.0 Å². The zero-order valence-electron chi connectivity index (χ0n) is 13.1. The molecule has 0 radical (unpaired) electrons. The molecule has 1 saturated heterocycles. The maximum Gasteiger partial charge on any atom is 0.137 e. The van der Waals surface area contributed by atoms with Gasteiger partial charge < -0.3 is 9.14 Å². The van der Waals surface area contributed by atoms with Crippen LogP contribution in [0, 0.1) is 12.8 Å². The number of aryl methyl sites for hydroxylation is 1. The Kier molecular flexibility index (Phi) is 4.56. The number of rotatable bonds is 5. The highest BCUT2D eigenvalue weighted by molar-refractivity contribution is 5.42. The Morgan fingerprint density at radius 3 is 2.95 bits per heavy atom. The fourth-order valence-corrected chi connectivity index (χ4v) is 3.04. The minimum Gasteiger partial charge on any atom is -0.381 e. The fourth-order valence-electron chi connectivity index (χ4n) is 3.04. The van der Waals surface area contributed by atoms with E-state index in [4.69, 9.17) is 9.72 Å². The standard InChI is InChI=1S/C17H25N3O/c1-3-19(11-15-5-8-21-9-6-15)12-16-13-20-7-4-14(2)10-17(20)18-16/h4,7,10,13,15H,3,5-6,8-9,11-12H2,1-2H3. The molecule has 0 unspecified atom stereocenters. The average molecular weight is 287 g/mol. The number of hydrogen-bond donors (Lipinski definition) is 0. The normalized spacial score (nSPS) is 16.9. The molecule has 0 aromatic carbocycles. The molecule has 3 heterocycles. The lowest BCUT2D eigenvalue weighted by Gasteiger charge is -2.28. The van der Waals surface area contributed by atoms with Gasteiger partial charge >= 0.3 is 0 Å². The lowest BCUT2D eigenvalue weighted by molar-refractivity contribution is 0.0520. The Bertz CT molecular complexity index is 587. The van der Waals surface area contributed by atoms with Crippen molar-refractivity contribution in [2.45, 2.75) is 33.2 Å². The summed E-state index contributed by atoms with van der Waals surface area (Å²) in [5, 5.41) is 0. The molecule has 2 aromatic rings. The van der Waals surface area contributed by atoms with Gasteiger partial charge in [-0.2, -0.15) is 0 Å². The maximum absolute atomic E-state index is 5.45. The summed E-state index contributed by atoms with van der Waals surface area (Å²) in [5.74, 6) is 0.776. The highest BCUT2D eigenvalue weighted by atomic mass is 16.5. The van der Waals surface area contributed by atoms with Gasteiger partial charge in [-0.1, -0.05) is 6.92 Å². The quantitative estimate of drug-likeness (QED) is 0.847. The second-order valence-corrected chi connectivity index (χ2v) is 6.09. The molecule has 0 amide bonds. The summed E-state index contributed by atoms with van der Waals surface area (Å²) in [7, 11) is 0. The molecule has 114 valence electrons. The molecule has 1 aliphatic heterocycles. The summed E-state index contributed by atoms with van der Waals surface area (Å²) in [6.07, 6.45) is 6.64. The maximum atomic E-state index is 5.45. The average Bonchev–Trinajstić information content (AvgIpc) is 2.89. The molecule has 0 spiro atoms. The van der Waals surface area contributed by atoms with Gasteiger partial charge in [-0.25, -0.2) is 4.98 Å². The smallest absolute Gasteiger partial charge is 0.137 e. The van der Waals surface area contributed by atoms with Crippen LogP contribution in [-0.2, 0) is 11.3 Å². The van der Waals surface area contributed by atoms with Crippen LogP contribution in [0.3, 0.4) is 0 Å². The summed E-state index contributed by atoms with van der Waals surface area (Å²) in [6.45, 7) is 9.37. The number of imidazole rings is 1. The van der Waals surface area contributed by atoms with Gasteiger partial charge in [0.25, 0.3) is 0 Å². The number of hydrogen-bond acceptors (Lipinski definition) is 3. The van der Waals surface area contributed by atoms with E-state index >= 15 is 0 Å². The predicted molar refractivity (Wildman–Crippen MR) is 84.4 cm³/mol. The minimum atomic E-state index is 0.776. The van der Waals surface area contributed by atoms with E-state index in [0.29, 0.717) is 0 Å². The van der Waals surface area contributed by atoms with E-state index in [1.54, 1.807) is 0 Å². The van der Waals surface area contributed by atoms with E-state index < -0.39 is 0 Å². The molecule has 0 bridgehead atoms. The third-order valence-electron chi connectivity index (χ3n) is 4.36. The van der Waals surface area contributed by atoms with Gasteiger partial charge in [0.2, 0.25) is 0 Å². The second kappa shape index (κ2) is 6.58. The van der Waals surface area contributed by atoms with Crippen LogP contribution >= 0.6 is 0 Å². The van der Waals surface area contributed by atoms with Crippen molar-refractivity contribution in [3.8, 4) is 0 Å². The number of nitrogens with zero attached hydrogens (tertiary/aromatic N) is 3. The van der Waals surface area contributed by atoms with E-state index in [2.05, 4.69) is 47.7 Å². The van der Waals surface area contributed by atoms with Crippen molar-refractivity contribution >= 4 is 5.65 Å². The molecule has 0 atom stereocenters. The Hall–Kier alpha value is -1.39. The van der Waals surface area contributed by atoms with Crippen molar-refractivity contribution < 1.29 is 4.74 Å². The van der Waals surface area contributed by atoms with E-state index in [-0.39, 0.29) is 0 Å². The fraction of sp³-hybridized carbons (Fsp3) is 0.588. The van der Waals surface area contributed by atoms with Gasteiger partial charge in [-0.05, 0) is 49.9 Å². The van der Waals surface area contributed by atoms with Crippen LogP contribution in [0.5, 0.6) is 0 Å². The monoisotopic (exact) mass is 287 g/mol. The third-order valence-corrected chi connectivity index (χ3v) is 4.36. The van der Waals surface area contributed by atoms with Crippen molar-refractivity contribution in [1.29, 1.82) is 0 Å². The third kappa shape index (κ3) is 3.63. The molecular weight excluding hydrogens is 262 g/mol. The van der Waals surface area contributed by atoms with Crippen LogP contribution in [0.2, 0.25) is 0 Å². The van der Waals surface area contributed by atoms with Gasteiger partial charge in [0.15, 0.2) is 0 Å². The summed E-state index contributed by atoms with van der Waals surface area (Å²) in [5.41, 5.74) is 3.47. The lowest BCUT2D eigenvalue weighted by atomic mass is 9.99.